The number of hydrogen-bond donors (Lipinski definition) is 2. The number of nitrogens with zero attached hydrogens (tertiary/aromatic N) is 3. The Labute approximate surface area is 172 Å². The summed E-state index contributed by atoms with van der Waals surface area (Å²) >= 11 is 0. The zero-order valence-corrected chi connectivity index (χ0v) is 16.2. The van der Waals surface area contributed by atoms with Crippen LogP contribution in [0.2, 0.25) is 0 Å². The normalized spacial score (nSPS) is 10.4. The molecule has 2 aromatic heterocycles. The molecule has 8 heteroatoms. The largest absolute Gasteiger partial charge is 0.488 e. The molecule has 0 spiro atoms. The summed E-state index contributed by atoms with van der Waals surface area (Å²) in [6.07, 6.45) is 1.62. The Bertz CT molecular complexity index is 1140. The van der Waals surface area contributed by atoms with Crippen LogP contribution < -0.4 is 15.4 Å². The number of hydrogen-bond acceptors (Lipinski definition) is 7. The summed E-state index contributed by atoms with van der Waals surface area (Å²) < 4.78 is 11.7. The molecule has 4 aromatic rings. The number of ether oxygens (including phenoxy) is 1. The second-order valence-corrected chi connectivity index (χ2v) is 6.42. The Balaban J connectivity index is 1.49. The van der Waals surface area contributed by atoms with Gasteiger partial charge in [0.25, 0.3) is 5.89 Å². The first-order valence-electron chi connectivity index (χ1n) is 9.28. The van der Waals surface area contributed by atoms with Gasteiger partial charge >= 0.3 is 6.01 Å². The second kappa shape index (κ2) is 8.87. The molecule has 1 amide bonds. The standard InChI is InChI=1S/C22H19N5O3/c1-15(28)24-20-13-16(11-12-23-20)14-29-19-10-6-5-9-18(19)21-26-27-22(30-21)25-17-7-3-2-4-8-17/h2-13H,14H2,1H3,(H,25,27)(H,23,24,28). The fourth-order valence-corrected chi connectivity index (χ4v) is 2.77. The molecule has 2 N–H and O–H groups in total. The van der Waals surface area contributed by atoms with Crippen molar-refractivity contribution >= 4 is 23.4 Å². The summed E-state index contributed by atoms with van der Waals surface area (Å²) in [7, 11) is 0. The number of carbonyl (C=O) groups excluding carboxylic acids is 1. The summed E-state index contributed by atoms with van der Waals surface area (Å²) in [5.41, 5.74) is 2.40. The molecule has 0 aliphatic rings. The van der Waals surface area contributed by atoms with Gasteiger partial charge in [0.1, 0.15) is 18.2 Å². The van der Waals surface area contributed by atoms with E-state index in [4.69, 9.17) is 9.15 Å². The summed E-state index contributed by atoms with van der Waals surface area (Å²) in [5.74, 6) is 1.25. The van der Waals surface area contributed by atoms with Crippen molar-refractivity contribution in [2.24, 2.45) is 0 Å². The molecule has 2 aromatic carbocycles. The Kier molecular flexibility index (Phi) is 5.66. The molecule has 0 unspecified atom stereocenters. The van der Waals surface area contributed by atoms with Crippen molar-refractivity contribution in [2.45, 2.75) is 13.5 Å². The lowest BCUT2D eigenvalue weighted by atomic mass is 10.2. The van der Waals surface area contributed by atoms with Gasteiger partial charge in [-0.25, -0.2) is 4.98 Å². The molecule has 150 valence electrons. The molecule has 0 fully saturated rings. The van der Waals surface area contributed by atoms with Crippen LogP contribution >= 0.6 is 0 Å². The monoisotopic (exact) mass is 401 g/mol. The molecule has 4 rings (SSSR count). The van der Waals surface area contributed by atoms with Gasteiger partial charge in [-0.3, -0.25) is 4.79 Å². The molecular weight excluding hydrogens is 382 g/mol. The molecule has 0 radical (unpaired) electrons. The van der Waals surface area contributed by atoms with Crippen molar-refractivity contribution in [1.82, 2.24) is 15.2 Å². The Morgan fingerprint density at radius 1 is 1.03 bits per heavy atom. The first-order chi connectivity index (χ1) is 14.7. The Morgan fingerprint density at radius 3 is 2.67 bits per heavy atom. The topological polar surface area (TPSA) is 102 Å². The predicted molar refractivity (Wildman–Crippen MR) is 112 cm³/mol. The molecule has 30 heavy (non-hydrogen) atoms. The fraction of sp³-hybridized carbons (Fsp3) is 0.0909. The highest BCUT2D eigenvalue weighted by atomic mass is 16.5. The van der Waals surface area contributed by atoms with E-state index >= 15 is 0 Å². The lowest BCUT2D eigenvalue weighted by molar-refractivity contribution is -0.114. The molecule has 0 saturated carbocycles. The van der Waals surface area contributed by atoms with Gasteiger partial charge in [0.15, 0.2) is 0 Å². The van der Waals surface area contributed by atoms with Gasteiger partial charge in [0, 0.05) is 18.8 Å². The van der Waals surface area contributed by atoms with Gasteiger partial charge in [-0.05, 0) is 42.0 Å². The van der Waals surface area contributed by atoms with Gasteiger partial charge in [0.05, 0.1) is 5.56 Å². The maximum atomic E-state index is 11.2. The minimum atomic E-state index is -0.178. The van der Waals surface area contributed by atoms with Gasteiger partial charge in [-0.2, -0.15) is 0 Å². The number of carbonyl (C=O) groups is 1. The maximum Gasteiger partial charge on any atom is 0.320 e. The zero-order chi connectivity index (χ0) is 20.8. The lowest BCUT2D eigenvalue weighted by Crippen LogP contribution is -2.08. The minimum absolute atomic E-state index is 0.178. The van der Waals surface area contributed by atoms with E-state index < -0.39 is 0 Å². The van der Waals surface area contributed by atoms with Crippen molar-refractivity contribution in [3.8, 4) is 17.2 Å². The number of pyridine rings is 1. The second-order valence-electron chi connectivity index (χ2n) is 6.42. The molecule has 0 bridgehead atoms. The maximum absolute atomic E-state index is 11.2. The zero-order valence-electron chi connectivity index (χ0n) is 16.2. The van der Waals surface area contributed by atoms with Crippen LogP contribution in [-0.2, 0) is 11.4 Å². The van der Waals surface area contributed by atoms with Crippen LogP contribution in [0, 0.1) is 0 Å². The number of amides is 1. The van der Waals surface area contributed by atoms with Crippen LogP contribution in [0.5, 0.6) is 5.75 Å². The van der Waals surface area contributed by atoms with E-state index in [-0.39, 0.29) is 12.5 Å². The average Bonchev–Trinajstić information content (AvgIpc) is 3.21. The first kappa shape index (κ1) is 19.1. The Morgan fingerprint density at radius 2 is 1.83 bits per heavy atom. The van der Waals surface area contributed by atoms with E-state index in [1.54, 1.807) is 12.3 Å². The van der Waals surface area contributed by atoms with Crippen molar-refractivity contribution in [3.05, 3.63) is 78.5 Å². The van der Waals surface area contributed by atoms with E-state index in [1.807, 2.05) is 60.7 Å². The predicted octanol–water partition coefficient (Wildman–Crippen LogP) is 4.41. The van der Waals surface area contributed by atoms with E-state index in [0.717, 1.165) is 11.3 Å². The van der Waals surface area contributed by atoms with Crippen molar-refractivity contribution in [1.29, 1.82) is 0 Å². The van der Waals surface area contributed by atoms with Crippen LogP contribution in [0.4, 0.5) is 17.5 Å². The summed E-state index contributed by atoms with van der Waals surface area (Å²) in [6.45, 7) is 1.72. The molecule has 8 nitrogen and oxygen atoms in total. The molecular formula is C22H19N5O3. The first-order valence-corrected chi connectivity index (χ1v) is 9.28. The van der Waals surface area contributed by atoms with Gasteiger partial charge in [-0.15, -0.1) is 5.10 Å². The molecule has 0 aliphatic carbocycles. The van der Waals surface area contributed by atoms with Gasteiger partial charge < -0.3 is 19.8 Å². The third-order valence-electron chi connectivity index (χ3n) is 4.09. The number of nitrogens with one attached hydrogen (secondary N) is 2. The Hall–Kier alpha value is -4.20. The quantitative estimate of drug-likeness (QED) is 0.473. The number of rotatable bonds is 7. The third kappa shape index (κ3) is 4.79. The highest BCUT2D eigenvalue weighted by Gasteiger charge is 2.14. The number of aromatic nitrogens is 3. The van der Waals surface area contributed by atoms with Crippen molar-refractivity contribution in [3.63, 3.8) is 0 Å². The summed E-state index contributed by atoms with van der Waals surface area (Å²) in [5, 5.41) is 13.9. The van der Waals surface area contributed by atoms with E-state index in [9.17, 15) is 4.79 Å². The number of benzene rings is 2. The molecule has 2 heterocycles. The van der Waals surface area contributed by atoms with Crippen LogP contribution in [-0.4, -0.2) is 21.1 Å². The van der Waals surface area contributed by atoms with Crippen LogP contribution in [0.1, 0.15) is 12.5 Å². The average molecular weight is 401 g/mol. The molecule has 0 saturated heterocycles. The molecule has 0 atom stereocenters. The third-order valence-corrected chi connectivity index (χ3v) is 4.09. The lowest BCUT2D eigenvalue weighted by Gasteiger charge is -2.10. The minimum Gasteiger partial charge on any atom is -0.488 e. The number of anilines is 3. The van der Waals surface area contributed by atoms with Gasteiger partial charge in [0.2, 0.25) is 5.91 Å². The van der Waals surface area contributed by atoms with Crippen molar-refractivity contribution in [2.75, 3.05) is 10.6 Å². The van der Waals surface area contributed by atoms with E-state index in [2.05, 4.69) is 25.8 Å². The summed E-state index contributed by atoms with van der Waals surface area (Å²) in [6, 6.07) is 20.9. The van der Waals surface area contributed by atoms with Crippen LogP contribution in [0.25, 0.3) is 11.5 Å². The van der Waals surface area contributed by atoms with Gasteiger partial charge in [-0.1, -0.05) is 35.4 Å². The van der Waals surface area contributed by atoms with E-state index in [0.29, 0.717) is 29.0 Å². The fourth-order valence-electron chi connectivity index (χ4n) is 2.77. The SMILES string of the molecule is CC(=O)Nc1cc(COc2ccccc2-c2nnc(Nc3ccccc3)o2)ccn1. The summed E-state index contributed by atoms with van der Waals surface area (Å²) in [4.78, 5) is 15.3. The van der Waals surface area contributed by atoms with E-state index in [1.165, 1.54) is 6.92 Å². The smallest absolute Gasteiger partial charge is 0.320 e. The highest BCUT2D eigenvalue weighted by molar-refractivity contribution is 5.87. The number of para-hydroxylation sites is 2. The molecule has 0 aliphatic heterocycles. The van der Waals surface area contributed by atoms with Crippen LogP contribution in [0.15, 0.2) is 77.3 Å². The highest BCUT2D eigenvalue weighted by Crippen LogP contribution is 2.31. The van der Waals surface area contributed by atoms with Crippen LogP contribution in [0.3, 0.4) is 0 Å². The van der Waals surface area contributed by atoms with Crippen molar-refractivity contribution < 1.29 is 13.9 Å².